The SMILES string of the molecule is CCOC(=O)c1c(C(O)c2cc(OCOC)c(C)cc2[N+](=O)[O-])nnn1Cc1ccc(OC)cc1. The Hall–Kier alpha value is -4.03. The van der Waals surface area contributed by atoms with E-state index in [0.29, 0.717) is 11.3 Å². The Bertz CT molecular complexity index is 1190. The van der Waals surface area contributed by atoms with Gasteiger partial charge in [0.05, 0.1) is 30.7 Å². The summed E-state index contributed by atoms with van der Waals surface area (Å²) in [7, 11) is 2.98. The van der Waals surface area contributed by atoms with Crippen molar-refractivity contribution in [1.29, 1.82) is 0 Å². The normalized spacial score (nSPS) is 11.7. The van der Waals surface area contributed by atoms with Crippen molar-refractivity contribution in [3.05, 3.63) is 74.6 Å². The maximum Gasteiger partial charge on any atom is 0.358 e. The summed E-state index contributed by atoms with van der Waals surface area (Å²) in [5.74, 6) is 0.160. The zero-order chi connectivity index (χ0) is 25.5. The number of ether oxygens (including phenoxy) is 4. The molecule has 0 radical (unpaired) electrons. The quantitative estimate of drug-likeness (QED) is 0.186. The van der Waals surface area contributed by atoms with E-state index < -0.39 is 17.0 Å². The minimum absolute atomic E-state index is 0.0712. The second-order valence-corrected chi connectivity index (χ2v) is 7.44. The molecule has 12 nitrogen and oxygen atoms in total. The van der Waals surface area contributed by atoms with Gasteiger partial charge in [-0.15, -0.1) is 5.10 Å². The summed E-state index contributed by atoms with van der Waals surface area (Å²) in [5, 5.41) is 30.9. The van der Waals surface area contributed by atoms with Crippen LogP contribution in [0.3, 0.4) is 0 Å². The molecule has 1 atom stereocenters. The third-order valence-electron chi connectivity index (χ3n) is 5.13. The Morgan fingerprint density at radius 2 is 1.94 bits per heavy atom. The van der Waals surface area contributed by atoms with Crippen molar-refractivity contribution in [3.8, 4) is 11.5 Å². The smallest absolute Gasteiger partial charge is 0.358 e. The highest BCUT2D eigenvalue weighted by Crippen LogP contribution is 2.36. The van der Waals surface area contributed by atoms with Crippen LogP contribution in [-0.2, 0) is 16.0 Å². The van der Waals surface area contributed by atoms with Crippen LogP contribution in [0.2, 0.25) is 0 Å². The zero-order valence-electron chi connectivity index (χ0n) is 19.8. The highest BCUT2D eigenvalue weighted by atomic mass is 16.7. The third kappa shape index (κ3) is 5.73. The van der Waals surface area contributed by atoms with Crippen LogP contribution in [0, 0.1) is 17.0 Å². The molecule has 12 heteroatoms. The molecule has 0 aliphatic rings. The predicted molar refractivity (Wildman–Crippen MR) is 122 cm³/mol. The topological polar surface area (TPSA) is 148 Å². The summed E-state index contributed by atoms with van der Waals surface area (Å²) in [6.45, 7) is 3.37. The summed E-state index contributed by atoms with van der Waals surface area (Å²) in [6.07, 6.45) is -1.66. The lowest BCUT2D eigenvalue weighted by atomic mass is 10.00. The zero-order valence-corrected chi connectivity index (χ0v) is 19.8. The lowest BCUT2D eigenvalue weighted by molar-refractivity contribution is -0.386. The molecule has 0 aliphatic heterocycles. The molecule has 0 fully saturated rings. The van der Waals surface area contributed by atoms with Crippen molar-refractivity contribution in [2.45, 2.75) is 26.5 Å². The van der Waals surface area contributed by atoms with Crippen LogP contribution in [0.25, 0.3) is 0 Å². The molecule has 2 aromatic carbocycles. The maximum atomic E-state index is 12.8. The number of aryl methyl sites for hydroxylation is 1. The van der Waals surface area contributed by atoms with Crippen molar-refractivity contribution in [1.82, 2.24) is 15.0 Å². The summed E-state index contributed by atoms with van der Waals surface area (Å²) in [5.41, 5.74) is 0.469. The third-order valence-corrected chi connectivity index (χ3v) is 5.13. The number of aliphatic hydroxyl groups is 1. The van der Waals surface area contributed by atoms with E-state index >= 15 is 0 Å². The van der Waals surface area contributed by atoms with Gasteiger partial charge < -0.3 is 24.1 Å². The highest BCUT2D eigenvalue weighted by Gasteiger charge is 2.32. The van der Waals surface area contributed by atoms with Gasteiger partial charge >= 0.3 is 5.97 Å². The molecule has 0 spiro atoms. The number of nitro groups is 1. The van der Waals surface area contributed by atoms with Gasteiger partial charge in [0.15, 0.2) is 12.5 Å². The van der Waals surface area contributed by atoms with E-state index in [1.807, 2.05) is 0 Å². The Morgan fingerprint density at radius 3 is 2.54 bits per heavy atom. The molecular formula is C23H26N4O8. The van der Waals surface area contributed by atoms with Gasteiger partial charge in [-0.25, -0.2) is 9.48 Å². The number of carbonyl (C=O) groups excluding carboxylic acids is 1. The number of rotatable bonds is 11. The molecule has 0 saturated carbocycles. The molecule has 0 aliphatic carbocycles. The first kappa shape index (κ1) is 25.6. The fourth-order valence-corrected chi connectivity index (χ4v) is 3.43. The minimum atomic E-state index is -1.66. The first-order chi connectivity index (χ1) is 16.8. The molecule has 1 N–H and O–H groups in total. The number of esters is 1. The van der Waals surface area contributed by atoms with Crippen LogP contribution in [0.15, 0.2) is 36.4 Å². The average Bonchev–Trinajstić information content (AvgIpc) is 3.26. The van der Waals surface area contributed by atoms with E-state index in [9.17, 15) is 20.0 Å². The molecule has 0 bridgehead atoms. The lowest BCUT2D eigenvalue weighted by Gasteiger charge is -2.15. The molecule has 3 rings (SSSR count). The van der Waals surface area contributed by atoms with Crippen LogP contribution < -0.4 is 9.47 Å². The molecule has 3 aromatic rings. The van der Waals surface area contributed by atoms with Gasteiger partial charge in [0.25, 0.3) is 5.69 Å². The van der Waals surface area contributed by atoms with E-state index in [1.165, 1.54) is 23.9 Å². The molecule has 1 aromatic heterocycles. The first-order valence-corrected chi connectivity index (χ1v) is 10.6. The average molecular weight is 486 g/mol. The van der Waals surface area contributed by atoms with Gasteiger partial charge in [-0.2, -0.15) is 0 Å². The van der Waals surface area contributed by atoms with Gasteiger partial charge in [-0.3, -0.25) is 10.1 Å². The van der Waals surface area contributed by atoms with Gasteiger partial charge in [-0.05, 0) is 43.2 Å². The number of nitrogens with zero attached hydrogens (tertiary/aromatic N) is 4. The van der Waals surface area contributed by atoms with Crippen molar-refractivity contribution >= 4 is 11.7 Å². The Morgan fingerprint density at radius 1 is 1.23 bits per heavy atom. The summed E-state index contributed by atoms with van der Waals surface area (Å²) in [4.78, 5) is 23.9. The molecule has 0 saturated heterocycles. The van der Waals surface area contributed by atoms with Crippen molar-refractivity contribution in [2.75, 3.05) is 27.6 Å². The van der Waals surface area contributed by atoms with E-state index in [4.69, 9.17) is 18.9 Å². The summed E-state index contributed by atoms with van der Waals surface area (Å²) in [6, 6.07) is 9.68. The second-order valence-electron chi connectivity index (χ2n) is 7.44. The monoisotopic (exact) mass is 486 g/mol. The Kier molecular flexibility index (Phi) is 8.34. The number of hydrogen-bond donors (Lipinski definition) is 1. The number of hydrogen-bond acceptors (Lipinski definition) is 10. The van der Waals surface area contributed by atoms with Gasteiger partial charge in [0, 0.05) is 13.2 Å². The van der Waals surface area contributed by atoms with Crippen LogP contribution >= 0.6 is 0 Å². The number of aromatic nitrogens is 3. The summed E-state index contributed by atoms with van der Waals surface area (Å²) < 4.78 is 22.0. The van der Waals surface area contributed by atoms with Crippen molar-refractivity contribution < 1.29 is 33.8 Å². The van der Waals surface area contributed by atoms with Crippen LogP contribution in [-0.4, -0.2) is 58.6 Å². The van der Waals surface area contributed by atoms with Crippen LogP contribution in [0.1, 0.15) is 45.9 Å². The molecule has 1 unspecified atom stereocenters. The maximum absolute atomic E-state index is 12.8. The van der Waals surface area contributed by atoms with Gasteiger partial charge in [-0.1, -0.05) is 17.3 Å². The first-order valence-electron chi connectivity index (χ1n) is 10.6. The lowest BCUT2D eigenvalue weighted by Crippen LogP contribution is -2.18. The number of carbonyl (C=O) groups is 1. The second kappa shape index (κ2) is 11.4. The fraction of sp³-hybridized carbons (Fsp3) is 0.348. The van der Waals surface area contributed by atoms with E-state index in [1.54, 1.807) is 45.2 Å². The van der Waals surface area contributed by atoms with Gasteiger partial charge in [0.1, 0.15) is 23.3 Å². The standard InChI is InChI=1S/C23H26N4O8/c1-5-34-23(29)21-20(24-25-26(21)12-15-6-8-16(33-4)9-7-15)22(28)17-11-19(35-13-32-3)14(2)10-18(17)27(30)31/h6-11,22,28H,5,12-13H2,1-4H3. The summed E-state index contributed by atoms with van der Waals surface area (Å²) >= 11 is 0. The molecule has 186 valence electrons. The van der Waals surface area contributed by atoms with E-state index in [0.717, 1.165) is 5.56 Å². The number of methoxy groups -OCH3 is 2. The minimum Gasteiger partial charge on any atom is -0.497 e. The van der Waals surface area contributed by atoms with Gasteiger partial charge in [0.2, 0.25) is 0 Å². The molecule has 0 amide bonds. The highest BCUT2D eigenvalue weighted by molar-refractivity contribution is 5.89. The Balaban J connectivity index is 2.07. The number of nitro benzene ring substituents is 1. The van der Waals surface area contributed by atoms with Crippen molar-refractivity contribution in [2.24, 2.45) is 0 Å². The van der Waals surface area contributed by atoms with Crippen LogP contribution in [0.4, 0.5) is 5.69 Å². The molecule has 35 heavy (non-hydrogen) atoms. The number of benzene rings is 2. The largest absolute Gasteiger partial charge is 0.497 e. The number of aliphatic hydroxyl groups excluding tert-OH is 1. The molecular weight excluding hydrogens is 460 g/mol. The molecule has 1 heterocycles. The Labute approximate surface area is 201 Å². The fourth-order valence-electron chi connectivity index (χ4n) is 3.43. The predicted octanol–water partition coefficient (Wildman–Crippen LogP) is 2.79. The van der Waals surface area contributed by atoms with E-state index in [-0.39, 0.29) is 48.3 Å². The van der Waals surface area contributed by atoms with E-state index in [2.05, 4.69) is 10.3 Å². The van der Waals surface area contributed by atoms with Crippen LogP contribution in [0.5, 0.6) is 11.5 Å². The van der Waals surface area contributed by atoms with Crippen molar-refractivity contribution in [3.63, 3.8) is 0 Å².